The van der Waals surface area contributed by atoms with Crippen molar-refractivity contribution >= 4 is 29.6 Å². The first-order valence-electron chi connectivity index (χ1n) is 9.86. The van der Waals surface area contributed by atoms with Crippen molar-refractivity contribution in [2.24, 2.45) is 0 Å². The number of carbonyl (C=O) groups is 2. The van der Waals surface area contributed by atoms with E-state index < -0.39 is 6.03 Å². The van der Waals surface area contributed by atoms with Gasteiger partial charge in [-0.2, -0.15) is 0 Å². The average molecular weight is 433 g/mol. The zero-order valence-corrected chi connectivity index (χ0v) is 17.7. The van der Waals surface area contributed by atoms with Crippen molar-refractivity contribution < 1.29 is 14.3 Å². The Morgan fingerprint density at radius 3 is 2.52 bits per heavy atom. The van der Waals surface area contributed by atoms with E-state index in [4.69, 9.17) is 16.3 Å². The predicted molar refractivity (Wildman–Crippen MR) is 120 cm³/mol. The average Bonchev–Trinajstić information content (AvgIpc) is 3.02. The number of hydrogen-bond acceptors (Lipinski definition) is 3. The number of amides is 3. The van der Waals surface area contributed by atoms with E-state index in [9.17, 15) is 9.59 Å². The van der Waals surface area contributed by atoms with E-state index >= 15 is 0 Å². The van der Waals surface area contributed by atoms with E-state index in [0.717, 1.165) is 22.3 Å². The fourth-order valence-electron chi connectivity index (χ4n) is 3.31. The lowest BCUT2D eigenvalue weighted by Crippen LogP contribution is -2.30. The number of urea groups is 1. The highest BCUT2D eigenvalue weighted by Crippen LogP contribution is 2.21. The zero-order chi connectivity index (χ0) is 21.8. The Morgan fingerprint density at radius 1 is 1.00 bits per heavy atom. The van der Waals surface area contributed by atoms with Gasteiger partial charge in [-0.25, -0.2) is 4.79 Å². The van der Waals surface area contributed by atoms with Crippen molar-refractivity contribution in [1.29, 1.82) is 0 Å². The fourth-order valence-corrected chi connectivity index (χ4v) is 3.50. The number of aryl methyl sites for hydroxylation is 1. The van der Waals surface area contributed by atoms with Gasteiger partial charge in [0.15, 0.2) is 0 Å². The number of ether oxygens (including phenoxy) is 1. The molecule has 0 atom stereocenters. The highest BCUT2D eigenvalue weighted by Gasteiger charge is 2.33. The molecule has 0 bridgehead atoms. The molecule has 1 fully saturated rings. The molecule has 3 amide bonds. The first-order chi connectivity index (χ1) is 15.0. The minimum absolute atomic E-state index is 0.235. The molecule has 4 rings (SSSR count). The molecule has 31 heavy (non-hydrogen) atoms. The summed E-state index contributed by atoms with van der Waals surface area (Å²) >= 11 is 6.15. The number of nitrogens with zero attached hydrogens (tertiary/aromatic N) is 1. The van der Waals surface area contributed by atoms with Crippen molar-refractivity contribution in [3.05, 3.63) is 106 Å². The van der Waals surface area contributed by atoms with Gasteiger partial charge in [-0.15, -0.1) is 0 Å². The maximum Gasteiger partial charge on any atom is 0.329 e. The Bertz CT molecular complexity index is 1160. The second kappa shape index (κ2) is 9.06. The molecule has 3 aromatic rings. The van der Waals surface area contributed by atoms with Crippen LogP contribution in [-0.2, 0) is 17.9 Å². The van der Waals surface area contributed by atoms with Crippen LogP contribution in [0, 0.1) is 6.92 Å². The molecule has 0 saturated carbocycles. The van der Waals surface area contributed by atoms with Gasteiger partial charge in [0.1, 0.15) is 18.1 Å². The molecular weight excluding hydrogens is 412 g/mol. The minimum Gasteiger partial charge on any atom is -0.489 e. The summed E-state index contributed by atoms with van der Waals surface area (Å²) < 4.78 is 5.78. The maximum atomic E-state index is 12.7. The Hall–Kier alpha value is -3.57. The van der Waals surface area contributed by atoms with Crippen molar-refractivity contribution in [3.63, 3.8) is 0 Å². The van der Waals surface area contributed by atoms with Crippen LogP contribution in [0.15, 0.2) is 78.5 Å². The van der Waals surface area contributed by atoms with E-state index in [2.05, 4.69) is 5.32 Å². The van der Waals surface area contributed by atoms with Crippen molar-refractivity contribution in [3.8, 4) is 5.75 Å². The molecule has 0 spiro atoms. The van der Waals surface area contributed by atoms with Gasteiger partial charge in [-0.05, 0) is 42.3 Å². The summed E-state index contributed by atoms with van der Waals surface area (Å²) in [6, 6.07) is 22.1. The number of benzene rings is 3. The van der Waals surface area contributed by atoms with Crippen molar-refractivity contribution in [1.82, 2.24) is 10.2 Å². The molecule has 3 aromatic carbocycles. The second-order valence-corrected chi connectivity index (χ2v) is 7.72. The summed E-state index contributed by atoms with van der Waals surface area (Å²) in [5, 5.41) is 3.32. The number of imide groups is 1. The van der Waals surface area contributed by atoms with E-state index in [1.165, 1.54) is 4.90 Å². The third kappa shape index (κ3) is 4.95. The van der Waals surface area contributed by atoms with Crippen LogP contribution >= 0.6 is 11.6 Å². The third-order valence-corrected chi connectivity index (χ3v) is 5.30. The highest BCUT2D eigenvalue weighted by molar-refractivity contribution is 6.31. The van der Waals surface area contributed by atoms with Crippen LogP contribution in [0.1, 0.15) is 22.3 Å². The van der Waals surface area contributed by atoms with Crippen LogP contribution in [0.2, 0.25) is 5.02 Å². The Morgan fingerprint density at radius 2 is 1.77 bits per heavy atom. The lowest BCUT2D eigenvalue weighted by atomic mass is 10.1. The smallest absolute Gasteiger partial charge is 0.329 e. The Kier molecular flexibility index (Phi) is 6.05. The van der Waals surface area contributed by atoms with Gasteiger partial charge in [0.25, 0.3) is 5.91 Å². The number of rotatable bonds is 6. The molecule has 156 valence electrons. The largest absolute Gasteiger partial charge is 0.489 e. The topological polar surface area (TPSA) is 58.6 Å². The van der Waals surface area contributed by atoms with Crippen LogP contribution < -0.4 is 10.1 Å². The number of nitrogens with one attached hydrogen (secondary N) is 1. The zero-order valence-electron chi connectivity index (χ0n) is 17.0. The van der Waals surface area contributed by atoms with Crippen LogP contribution in [0.5, 0.6) is 5.75 Å². The van der Waals surface area contributed by atoms with E-state index in [1.54, 1.807) is 6.08 Å². The Balaban J connectivity index is 1.42. The molecule has 1 aliphatic rings. The van der Waals surface area contributed by atoms with Crippen LogP contribution in [-0.4, -0.2) is 16.8 Å². The van der Waals surface area contributed by atoms with Gasteiger partial charge in [-0.1, -0.05) is 71.8 Å². The molecule has 0 radical (unpaired) electrons. The molecule has 6 heteroatoms. The SMILES string of the molecule is Cc1cccc(CN2C(=O)N/C(=C/c3ccc(OCc4ccccc4Cl)cc3)C2=O)c1. The first kappa shape index (κ1) is 20.7. The predicted octanol–water partition coefficient (Wildman–Crippen LogP) is 5.32. The van der Waals surface area contributed by atoms with Gasteiger partial charge in [0.05, 0.1) is 6.54 Å². The lowest BCUT2D eigenvalue weighted by molar-refractivity contribution is -0.123. The molecular formula is C25H21ClN2O3. The summed E-state index contributed by atoms with van der Waals surface area (Å²) in [5.41, 5.74) is 3.93. The lowest BCUT2D eigenvalue weighted by Gasteiger charge is -2.12. The van der Waals surface area contributed by atoms with Gasteiger partial charge < -0.3 is 10.1 Å². The van der Waals surface area contributed by atoms with E-state index in [0.29, 0.717) is 17.4 Å². The number of halogens is 1. The molecule has 5 nitrogen and oxygen atoms in total. The molecule has 1 aliphatic heterocycles. The van der Waals surface area contributed by atoms with Crippen molar-refractivity contribution in [2.75, 3.05) is 0 Å². The van der Waals surface area contributed by atoms with E-state index in [-0.39, 0.29) is 18.1 Å². The van der Waals surface area contributed by atoms with Crippen LogP contribution in [0.3, 0.4) is 0 Å². The van der Waals surface area contributed by atoms with Crippen molar-refractivity contribution in [2.45, 2.75) is 20.1 Å². The summed E-state index contributed by atoms with van der Waals surface area (Å²) in [6.07, 6.45) is 1.66. The molecule has 0 aromatic heterocycles. The molecule has 1 heterocycles. The minimum atomic E-state index is -0.419. The first-order valence-corrected chi connectivity index (χ1v) is 10.2. The monoisotopic (exact) mass is 432 g/mol. The number of hydrogen-bond donors (Lipinski definition) is 1. The maximum absolute atomic E-state index is 12.7. The van der Waals surface area contributed by atoms with Gasteiger partial charge in [0, 0.05) is 10.6 Å². The van der Waals surface area contributed by atoms with E-state index in [1.807, 2.05) is 79.7 Å². The molecule has 1 N–H and O–H groups in total. The Labute approximate surface area is 185 Å². The summed E-state index contributed by atoms with van der Waals surface area (Å²) in [4.78, 5) is 26.2. The standard InChI is InChI=1S/C25H21ClN2O3/c1-17-5-4-6-19(13-17)15-28-24(29)23(27-25(28)30)14-18-9-11-21(12-10-18)31-16-20-7-2-3-8-22(20)26/h2-14H,15-16H2,1H3,(H,27,30)/b23-14+. The highest BCUT2D eigenvalue weighted by atomic mass is 35.5. The normalized spacial score (nSPS) is 14.8. The second-order valence-electron chi connectivity index (χ2n) is 7.32. The van der Waals surface area contributed by atoms with Crippen LogP contribution in [0.4, 0.5) is 4.79 Å². The van der Waals surface area contributed by atoms with Crippen LogP contribution in [0.25, 0.3) is 6.08 Å². The quantitative estimate of drug-likeness (QED) is 0.423. The van der Waals surface area contributed by atoms with Gasteiger partial charge in [0.2, 0.25) is 0 Å². The fraction of sp³-hybridized carbons (Fsp3) is 0.120. The third-order valence-electron chi connectivity index (χ3n) is 4.93. The molecule has 0 unspecified atom stereocenters. The molecule has 1 saturated heterocycles. The van der Waals surface area contributed by atoms with Gasteiger partial charge in [-0.3, -0.25) is 9.69 Å². The molecule has 0 aliphatic carbocycles. The van der Waals surface area contributed by atoms with Gasteiger partial charge >= 0.3 is 6.03 Å². The number of carbonyl (C=O) groups excluding carboxylic acids is 2. The summed E-state index contributed by atoms with van der Waals surface area (Å²) in [6.45, 7) is 2.57. The summed E-state index contributed by atoms with van der Waals surface area (Å²) in [7, 11) is 0. The summed E-state index contributed by atoms with van der Waals surface area (Å²) in [5.74, 6) is 0.343.